The SMILES string of the molecule is COC(=O)C1=C(C)N(C)C(=S)N[C@H]1c1cccc(O)c1. The summed E-state index contributed by atoms with van der Waals surface area (Å²) in [5.74, 6) is -0.284. The van der Waals surface area contributed by atoms with E-state index in [4.69, 9.17) is 17.0 Å². The molecule has 0 fully saturated rings. The molecule has 2 N–H and O–H groups in total. The lowest BCUT2D eigenvalue weighted by Gasteiger charge is -2.35. The number of allylic oxidation sites excluding steroid dienone is 1. The van der Waals surface area contributed by atoms with Crippen LogP contribution in [0.3, 0.4) is 0 Å². The monoisotopic (exact) mass is 292 g/mol. The Balaban J connectivity index is 2.55. The van der Waals surface area contributed by atoms with E-state index in [-0.39, 0.29) is 5.75 Å². The van der Waals surface area contributed by atoms with Gasteiger partial charge in [-0.15, -0.1) is 0 Å². The van der Waals surface area contributed by atoms with Crippen LogP contribution in [0, 0.1) is 0 Å². The lowest BCUT2D eigenvalue weighted by molar-refractivity contribution is -0.136. The van der Waals surface area contributed by atoms with Gasteiger partial charge in [-0.2, -0.15) is 0 Å². The van der Waals surface area contributed by atoms with Crippen molar-refractivity contribution in [1.82, 2.24) is 10.2 Å². The van der Waals surface area contributed by atoms with Gasteiger partial charge >= 0.3 is 5.97 Å². The van der Waals surface area contributed by atoms with Gasteiger partial charge in [0.1, 0.15) is 5.75 Å². The average molecular weight is 292 g/mol. The predicted octanol–water partition coefficient (Wildman–Crippen LogP) is 1.70. The molecule has 1 aromatic carbocycles. The second-order valence-corrected chi connectivity index (χ2v) is 4.91. The van der Waals surface area contributed by atoms with Crippen molar-refractivity contribution in [2.24, 2.45) is 0 Å². The van der Waals surface area contributed by atoms with Crippen LogP contribution in [-0.2, 0) is 9.53 Å². The zero-order valence-electron chi connectivity index (χ0n) is 11.5. The number of benzene rings is 1. The maximum absolute atomic E-state index is 12.0. The third-order valence-electron chi connectivity index (χ3n) is 3.36. The van der Waals surface area contributed by atoms with E-state index in [1.54, 1.807) is 30.1 Å². The van der Waals surface area contributed by atoms with Gasteiger partial charge in [0.2, 0.25) is 0 Å². The van der Waals surface area contributed by atoms with Crippen LogP contribution in [0.4, 0.5) is 0 Å². The Morgan fingerprint density at radius 1 is 1.50 bits per heavy atom. The molecule has 0 spiro atoms. The molecule has 0 saturated carbocycles. The lowest BCUT2D eigenvalue weighted by atomic mass is 9.95. The summed E-state index contributed by atoms with van der Waals surface area (Å²) in [6, 6.07) is 6.28. The second kappa shape index (κ2) is 5.50. The minimum atomic E-state index is -0.432. The molecule has 0 saturated heterocycles. The molecule has 106 valence electrons. The van der Waals surface area contributed by atoms with Gasteiger partial charge < -0.3 is 20.1 Å². The molecule has 20 heavy (non-hydrogen) atoms. The van der Waals surface area contributed by atoms with Crippen LogP contribution in [0.5, 0.6) is 5.75 Å². The summed E-state index contributed by atoms with van der Waals surface area (Å²) in [7, 11) is 3.13. The molecule has 6 heteroatoms. The third kappa shape index (κ3) is 2.46. The minimum absolute atomic E-state index is 0.135. The van der Waals surface area contributed by atoms with Crippen molar-refractivity contribution in [1.29, 1.82) is 0 Å². The van der Waals surface area contributed by atoms with E-state index in [1.807, 2.05) is 13.0 Å². The maximum atomic E-state index is 12.0. The fourth-order valence-corrected chi connectivity index (χ4v) is 2.42. The molecule has 0 aliphatic carbocycles. The number of hydrogen-bond donors (Lipinski definition) is 2. The highest BCUT2D eigenvalue weighted by molar-refractivity contribution is 7.80. The lowest BCUT2D eigenvalue weighted by Crippen LogP contribution is -2.46. The Kier molecular flexibility index (Phi) is 3.94. The molecule has 5 nitrogen and oxygen atoms in total. The van der Waals surface area contributed by atoms with E-state index in [0.29, 0.717) is 10.7 Å². The smallest absolute Gasteiger partial charge is 0.337 e. The van der Waals surface area contributed by atoms with Gasteiger partial charge in [0.15, 0.2) is 5.11 Å². The number of phenols is 1. The fourth-order valence-electron chi connectivity index (χ4n) is 2.16. The quantitative estimate of drug-likeness (QED) is 0.639. The molecular weight excluding hydrogens is 276 g/mol. The van der Waals surface area contributed by atoms with Gasteiger partial charge in [-0.25, -0.2) is 4.79 Å². The van der Waals surface area contributed by atoms with Crippen LogP contribution in [0.2, 0.25) is 0 Å². The standard InChI is InChI=1S/C14H16N2O3S/c1-8-11(13(18)19-3)12(15-14(20)16(8)2)9-5-4-6-10(17)7-9/h4-7,12,17H,1-3H3,(H,15,20)/t12-/m0/s1. The zero-order valence-corrected chi connectivity index (χ0v) is 12.3. The highest BCUT2D eigenvalue weighted by atomic mass is 32.1. The molecule has 0 bridgehead atoms. The normalized spacial score (nSPS) is 18.9. The number of thiocarbonyl (C=S) groups is 1. The number of rotatable bonds is 2. The summed E-state index contributed by atoms with van der Waals surface area (Å²) in [5.41, 5.74) is 1.96. The highest BCUT2D eigenvalue weighted by Gasteiger charge is 2.33. The Morgan fingerprint density at radius 3 is 2.80 bits per heavy atom. The van der Waals surface area contributed by atoms with Crippen LogP contribution in [0.1, 0.15) is 18.5 Å². The second-order valence-electron chi connectivity index (χ2n) is 4.53. The molecule has 2 rings (SSSR count). The summed E-state index contributed by atoms with van der Waals surface area (Å²) < 4.78 is 4.86. The number of aromatic hydroxyl groups is 1. The molecule has 0 amide bonds. The van der Waals surface area contributed by atoms with Crippen LogP contribution in [0.25, 0.3) is 0 Å². The van der Waals surface area contributed by atoms with Crippen LogP contribution in [-0.4, -0.2) is 35.2 Å². The first-order chi connectivity index (χ1) is 9.45. The maximum Gasteiger partial charge on any atom is 0.337 e. The van der Waals surface area contributed by atoms with Crippen molar-refractivity contribution in [3.05, 3.63) is 41.1 Å². The molecule has 1 aliphatic rings. The molecule has 0 unspecified atom stereocenters. The number of hydrogen-bond acceptors (Lipinski definition) is 4. The Morgan fingerprint density at radius 2 is 2.20 bits per heavy atom. The number of carbonyl (C=O) groups is 1. The van der Waals surface area contributed by atoms with Gasteiger partial charge in [0.25, 0.3) is 0 Å². The van der Waals surface area contributed by atoms with E-state index < -0.39 is 12.0 Å². The van der Waals surface area contributed by atoms with Crippen molar-refractivity contribution in [3.8, 4) is 5.75 Å². The van der Waals surface area contributed by atoms with Crippen molar-refractivity contribution in [2.75, 3.05) is 14.2 Å². The van der Waals surface area contributed by atoms with Gasteiger partial charge in [0.05, 0.1) is 18.7 Å². The number of carbonyl (C=O) groups excluding carboxylic acids is 1. The van der Waals surface area contributed by atoms with Gasteiger partial charge in [-0.1, -0.05) is 12.1 Å². The highest BCUT2D eigenvalue weighted by Crippen LogP contribution is 2.31. The minimum Gasteiger partial charge on any atom is -0.508 e. The van der Waals surface area contributed by atoms with E-state index in [2.05, 4.69) is 5.32 Å². The van der Waals surface area contributed by atoms with E-state index >= 15 is 0 Å². The number of methoxy groups -OCH3 is 1. The first-order valence-corrected chi connectivity index (χ1v) is 6.48. The van der Waals surface area contributed by atoms with Crippen LogP contribution < -0.4 is 5.32 Å². The average Bonchev–Trinajstić information content (AvgIpc) is 2.43. The topological polar surface area (TPSA) is 61.8 Å². The van der Waals surface area contributed by atoms with Crippen molar-refractivity contribution in [3.63, 3.8) is 0 Å². The van der Waals surface area contributed by atoms with E-state index in [9.17, 15) is 9.90 Å². The summed E-state index contributed by atoms with van der Waals surface area (Å²) in [4.78, 5) is 13.8. The number of ether oxygens (including phenoxy) is 1. The van der Waals surface area contributed by atoms with Crippen LogP contribution >= 0.6 is 12.2 Å². The van der Waals surface area contributed by atoms with Crippen LogP contribution in [0.15, 0.2) is 35.5 Å². The van der Waals surface area contributed by atoms with E-state index in [1.165, 1.54) is 7.11 Å². The van der Waals surface area contributed by atoms with Crippen molar-refractivity contribution < 1.29 is 14.6 Å². The molecule has 1 aromatic rings. The number of phenolic OH excluding ortho intramolecular Hbond substituents is 1. The first-order valence-electron chi connectivity index (χ1n) is 6.08. The summed E-state index contributed by atoms with van der Waals surface area (Å²) in [5, 5.41) is 13.2. The Labute approximate surface area is 122 Å². The first kappa shape index (κ1) is 14.3. The predicted molar refractivity (Wildman–Crippen MR) is 79.1 cm³/mol. The Hall–Kier alpha value is -2.08. The molecule has 1 atom stereocenters. The summed E-state index contributed by atoms with van der Waals surface area (Å²) >= 11 is 5.26. The third-order valence-corrected chi connectivity index (χ3v) is 3.75. The molecule has 0 aromatic heterocycles. The zero-order chi connectivity index (χ0) is 14.9. The number of nitrogens with one attached hydrogen (secondary N) is 1. The molecular formula is C14H16N2O3S. The number of nitrogens with zero attached hydrogens (tertiary/aromatic N) is 1. The van der Waals surface area contributed by atoms with Crippen molar-refractivity contribution >= 4 is 23.3 Å². The molecule has 1 aliphatic heterocycles. The van der Waals surface area contributed by atoms with Gasteiger partial charge in [-0.3, -0.25) is 0 Å². The number of esters is 1. The molecule has 0 radical (unpaired) electrons. The largest absolute Gasteiger partial charge is 0.508 e. The summed E-state index contributed by atoms with van der Waals surface area (Å²) in [6.07, 6.45) is 0. The van der Waals surface area contributed by atoms with Gasteiger partial charge in [0, 0.05) is 12.7 Å². The van der Waals surface area contributed by atoms with Crippen molar-refractivity contribution in [2.45, 2.75) is 13.0 Å². The van der Waals surface area contributed by atoms with Gasteiger partial charge in [-0.05, 0) is 36.8 Å². The van der Waals surface area contributed by atoms with E-state index in [0.717, 1.165) is 11.3 Å². The fraction of sp³-hybridized carbons (Fsp3) is 0.286. The summed E-state index contributed by atoms with van der Waals surface area (Å²) in [6.45, 7) is 1.81. The molecule has 1 heterocycles. The Bertz CT molecular complexity index is 598.